The number of rotatable bonds is 7. The molecule has 0 spiro atoms. The van der Waals surface area contributed by atoms with Crippen LogP contribution in [0.4, 0.5) is 0 Å². The number of hydrogen-bond acceptors (Lipinski definition) is 2. The van der Waals surface area contributed by atoms with E-state index in [9.17, 15) is 0 Å². The second kappa shape index (κ2) is 6.39. The summed E-state index contributed by atoms with van der Waals surface area (Å²) in [6.45, 7) is 10.3. The molecule has 0 heterocycles. The maximum atomic E-state index is 3.30. The van der Waals surface area contributed by atoms with Crippen molar-refractivity contribution in [2.45, 2.75) is 33.6 Å². The summed E-state index contributed by atoms with van der Waals surface area (Å²) in [4.78, 5) is 2.40. The predicted octanol–water partition coefficient (Wildman–Crippen LogP) is 1.96. The molecule has 0 amide bonds. The van der Waals surface area contributed by atoms with Crippen molar-refractivity contribution < 1.29 is 0 Å². The van der Waals surface area contributed by atoms with Crippen LogP contribution in [-0.2, 0) is 0 Å². The van der Waals surface area contributed by atoms with E-state index in [0.717, 1.165) is 13.1 Å². The molecule has 0 saturated heterocycles. The molecular formula is C11H26N2. The largest absolute Gasteiger partial charge is 0.319 e. The lowest BCUT2D eigenvalue weighted by Crippen LogP contribution is -2.40. The van der Waals surface area contributed by atoms with Crippen molar-refractivity contribution in [2.24, 2.45) is 5.41 Å². The lowest BCUT2D eigenvalue weighted by atomic mass is 9.85. The molecule has 0 aliphatic heterocycles. The Morgan fingerprint density at radius 2 is 1.92 bits per heavy atom. The van der Waals surface area contributed by atoms with Crippen LogP contribution < -0.4 is 5.32 Å². The van der Waals surface area contributed by atoms with E-state index in [-0.39, 0.29) is 0 Å². The third-order valence-corrected chi connectivity index (χ3v) is 2.65. The lowest BCUT2D eigenvalue weighted by Gasteiger charge is -2.33. The normalized spacial score (nSPS) is 16.2. The van der Waals surface area contributed by atoms with Gasteiger partial charge in [-0.3, -0.25) is 0 Å². The first kappa shape index (κ1) is 12.9. The van der Waals surface area contributed by atoms with Gasteiger partial charge in [-0.05, 0) is 32.5 Å². The molecule has 0 fully saturated rings. The van der Waals surface area contributed by atoms with Gasteiger partial charge in [-0.1, -0.05) is 27.2 Å². The van der Waals surface area contributed by atoms with Crippen molar-refractivity contribution in [2.75, 3.05) is 33.7 Å². The van der Waals surface area contributed by atoms with Crippen LogP contribution in [0.2, 0.25) is 0 Å². The summed E-state index contributed by atoms with van der Waals surface area (Å²) in [6.07, 6.45) is 2.58. The van der Waals surface area contributed by atoms with E-state index in [1.54, 1.807) is 0 Å². The first-order chi connectivity index (χ1) is 6.08. The van der Waals surface area contributed by atoms with Gasteiger partial charge in [0.05, 0.1) is 0 Å². The minimum absolute atomic E-state index is 0.439. The number of nitrogens with zero attached hydrogens (tertiary/aromatic N) is 1. The summed E-state index contributed by atoms with van der Waals surface area (Å²) in [6, 6.07) is 0. The van der Waals surface area contributed by atoms with Gasteiger partial charge in [-0.2, -0.15) is 0 Å². The minimum Gasteiger partial charge on any atom is -0.319 e. The van der Waals surface area contributed by atoms with Crippen molar-refractivity contribution in [3.63, 3.8) is 0 Å². The Morgan fingerprint density at radius 1 is 1.31 bits per heavy atom. The third-order valence-electron chi connectivity index (χ3n) is 2.65. The topological polar surface area (TPSA) is 15.3 Å². The highest BCUT2D eigenvalue weighted by atomic mass is 15.1. The summed E-state index contributed by atoms with van der Waals surface area (Å²) in [5, 5.41) is 3.30. The van der Waals surface area contributed by atoms with E-state index in [0.29, 0.717) is 5.41 Å². The van der Waals surface area contributed by atoms with E-state index < -0.39 is 0 Å². The van der Waals surface area contributed by atoms with Crippen molar-refractivity contribution in [1.82, 2.24) is 10.2 Å². The van der Waals surface area contributed by atoms with Crippen LogP contribution in [0, 0.1) is 5.41 Å². The molecule has 0 bridgehead atoms. The van der Waals surface area contributed by atoms with E-state index in [2.05, 4.69) is 38.0 Å². The highest BCUT2D eigenvalue weighted by molar-refractivity contribution is 4.78. The summed E-state index contributed by atoms with van der Waals surface area (Å²) in [5.41, 5.74) is 0.439. The van der Waals surface area contributed by atoms with Crippen LogP contribution in [0.25, 0.3) is 0 Å². The van der Waals surface area contributed by atoms with Crippen LogP contribution in [-0.4, -0.2) is 38.6 Å². The Bertz CT molecular complexity index is 117. The summed E-state index contributed by atoms with van der Waals surface area (Å²) < 4.78 is 0. The molecular weight excluding hydrogens is 160 g/mol. The van der Waals surface area contributed by atoms with Gasteiger partial charge in [0.1, 0.15) is 0 Å². The van der Waals surface area contributed by atoms with Crippen molar-refractivity contribution in [3.8, 4) is 0 Å². The molecule has 80 valence electrons. The number of nitrogens with one attached hydrogen (secondary N) is 1. The average molecular weight is 186 g/mol. The zero-order valence-corrected chi connectivity index (χ0v) is 9.98. The van der Waals surface area contributed by atoms with E-state index >= 15 is 0 Å². The van der Waals surface area contributed by atoms with E-state index in [1.807, 2.05) is 7.05 Å². The van der Waals surface area contributed by atoms with Gasteiger partial charge in [-0.15, -0.1) is 0 Å². The molecule has 0 aliphatic carbocycles. The third kappa shape index (κ3) is 5.27. The van der Waals surface area contributed by atoms with Gasteiger partial charge >= 0.3 is 0 Å². The number of hydrogen-bond donors (Lipinski definition) is 1. The van der Waals surface area contributed by atoms with E-state index in [1.165, 1.54) is 19.4 Å². The monoisotopic (exact) mass is 186 g/mol. The van der Waals surface area contributed by atoms with E-state index in [4.69, 9.17) is 0 Å². The Morgan fingerprint density at radius 3 is 2.31 bits per heavy atom. The van der Waals surface area contributed by atoms with Gasteiger partial charge in [0, 0.05) is 13.1 Å². The summed E-state index contributed by atoms with van der Waals surface area (Å²) in [5.74, 6) is 0. The fourth-order valence-corrected chi connectivity index (χ4v) is 2.02. The molecule has 1 atom stereocenters. The Kier molecular flexibility index (Phi) is 6.35. The SMILES string of the molecule is CCCC(C)(CNC)CN(C)CC. The molecule has 0 aromatic carbocycles. The Labute approximate surface area is 83.7 Å². The smallest absolute Gasteiger partial charge is 0.00443 e. The highest BCUT2D eigenvalue weighted by Gasteiger charge is 2.23. The van der Waals surface area contributed by atoms with Crippen molar-refractivity contribution in [3.05, 3.63) is 0 Å². The first-order valence-corrected chi connectivity index (χ1v) is 5.41. The van der Waals surface area contributed by atoms with Crippen molar-refractivity contribution in [1.29, 1.82) is 0 Å². The highest BCUT2D eigenvalue weighted by Crippen LogP contribution is 2.23. The molecule has 0 aliphatic rings. The van der Waals surface area contributed by atoms with Crippen LogP contribution in [0.5, 0.6) is 0 Å². The fraction of sp³-hybridized carbons (Fsp3) is 1.00. The summed E-state index contributed by atoms with van der Waals surface area (Å²) >= 11 is 0. The molecule has 1 N–H and O–H groups in total. The van der Waals surface area contributed by atoms with Crippen LogP contribution >= 0.6 is 0 Å². The van der Waals surface area contributed by atoms with Crippen LogP contribution in [0.3, 0.4) is 0 Å². The average Bonchev–Trinajstić information content (AvgIpc) is 2.04. The molecule has 1 unspecified atom stereocenters. The second-order valence-electron chi connectivity index (χ2n) is 4.42. The zero-order valence-electron chi connectivity index (χ0n) is 9.98. The van der Waals surface area contributed by atoms with Crippen LogP contribution in [0.15, 0.2) is 0 Å². The Hall–Kier alpha value is -0.0800. The second-order valence-corrected chi connectivity index (χ2v) is 4.42. The van der Waals surface area contributed by atoms with Gasteiger partial charge in [-0.25, -0.2) is 0 Å². The molecule has 13 heavy (non-hydrogen) atoms. The van der Waals surface area contributed by atoms with Gasteiger partial charge in [0.25, 0.3) is 0 Å². The summed E-state index contributed by atoms with van der Waals surface area (Å²) in [7, 11) is 4.24. The quantitative estimate of drug-likeness (QED) is 0.654. The lowest BCUT2D eigenvalue weighted by molar-refractivity contribution is 0.181. The molecule has 0 radical (unpaired) electrons. The maximum absolute atomic E-state index is 3.30. The predicted molar refractivity (Wildman–Crippen MR) is 60.1 cm³/mol. The standard InChI is InChI=1S/C11H26N2/c1-6-8-11(3,9-12-4)10-13(5)7-2/h12H,6-10H2,1-5H3. The molecule has 0 rings (SSSR count). The molecule has 0 aromatic heterocycles. The Balaban J connectivity index is 4.05. The zero-order chi connectivity index (χ0) is 10.3. The fourth-order valence-electron chi connectivity index (χ4n) is 2.02. The molecule has 0 saturated carbocycles. The minimum atomic E-state index is 0.439. The molecule has 0 aromatic rings. The first-order valence-electron chi connectivity index (χ1n) is 5.41. The van der Waals surface area contributed by atoms with Gasteiger partial charge < -0.3 is 10.2 Å². The molecule has 2 heteroatoms. The van der Waals surface area contributed by atoms with Crippen LogP contribution in [0.1, 0.15) is 33.6 Å². The maximum Gasteiger partial charge on any atom is 0.00443 e. The molecule has 2 nitrogen and oxygen atoms in total. The van der Waals surface area contributed by atoms with Gasteiger partial charge in [0.2, 0.25) is 0 Å². The van der Waals surface area contributed by atoms with Gasteiger partial charge in [0.15, 0.2) is 0 Å². The van der Waals surface area contributed by atoms with Crippen molar-refractivity contribution >= 4 is 0 Å².